The number of carbonyl (C=O) groups excluding carboxylic acids is 2. The molecule has 0 radical (unpaired) electrons. The summed E-state index contributed by atoms with van der Waals surface area (Å²) in [4.78, 5) is 35.4. The van der Waals surface area contributed by atoms with E-state index in [0.29, 0.717) is 60.2 Å². The van der Waals surface area contributed by atoms with Crippen molar-refractivity contribution in [3.8, 4) is 0 Å². The fourth-order valence-corrected chi connectivity index (χ4v) is 9.51. The first kappa shape index (κ1) is 27.6. The third-order valence-corrected chi connectivity index (χ3v) is 11.7. The van der Waals surface area contributed by atoms with E-state index in [4.69, 9.17) is 10.8 Å². The summed E-state index contributed by atoms with van der Waals surface area (Å²) in [5.41, 5.74) is 6.30. The molecule has 0 unspecified atom stereocenters. The number of Topliss-reactive ketones (excluding diaryl/α,β-unsaturated/α-hetero) is 1. The van der Waals surface area contributed by atoms with E-state index in [2.05, 4.69) is 26.1 Å². The third-order valence-electron chi connectivity index (χ3n) is 11.7. The molecule has 0 spiro atoms. The molecule has 4 aliphatic rings. The predicted octanol–water partition coefficient (Wildman–Crippen LogP) is 5.33. The lowest BCUT2D eigenvalue weighted by Crippen LogP contribution is -2.53. The van der Waals surface area contributed by atoms with Crippen LogP contribution in [0.5, 0.6) is 0 Å². The first-order valence-electron chi connectivity index (χ1n) is 14.8. The highest BCUT2D eigenvalue weighted by Crippen LogP contribution is 2.68. The van der Waals surface area contributed by atoms with E-state index >= 15 is 0 Å². The molecule has 36 heavy (non-hydrogen) atoms. The molecule has 4 fully saturated rings. The van der Waals surface area contributed by atoms with Gasteiger partial charge in [-0.25, -0.2) is 0 Å². The van der Waals surface area contributed by atoms with Gasteiger partial charge in [-0.2, -0.15) is 0 Å². The summed E-state index contributed by atoms with van der Waals surface area (Å²) < 4.78 is 0. The zero-order chi connectivity index (χ0) is 26.1. The number of rotatable bonds is 10. The molecule has 0 heterocycles. The Balaban J connectivity index is 1.25. The molecule has 204 valence electrons. The van der Waals surface area contributed by atoms with Gasteiger partial charge in [-0.3, -0.25) is 14.4 Å². The fourth-order valence-electron chi connectivity index (χ4n) is 9.51. The van der Waals surface area contributed by atoms with Crippen LogP contribution < -0.4 is 11.1 Å². The summed E-state index contributed by atoms with van der Waals surface area (Å²) >= 11 is 0. The number of nitrogens with two attached hydrogens (primary N) is 1. The summed E-state index contributed by atoms with van der Waals surface area (Å²) in [7, 11) is 0. The van der Waals surface area contributed by atoms with E-state index in [-0.39, 0.29) is 5.91 Å². The Labute approximate surface area is 217 Å². The van der Waals surface area contributed by atoms with Crippen LogP contribution in [0.25, 0.3) is 0 Å². The minimum atomic E-state index is -0.961. The van der Waals surface area contributed by atoms with Crippen LogP contribution in [0.2, 0.25) is 0 Å². The number of nitrogens with one attached hydrogen (secondary N) is 1. The van der Waals surface area contributed by atoms with Crippen molar-refractivity contribution in [2.75, 3.05) is 6.54 Å². The van der Waals surface area contributed by atoms with E-state index in [1.165, 1.54) is 38.5 Å². The van der Waals surface area contributed by atoms with Crippen LogP contribution >= 0.6 is 0 Å². The molecule has 0 aromatic carbocycles. The van der Waals surface area contributed by atoms with Gasteiger partial charge in [0, 0.05) is 25.8 Å². The number of aliphatic carboxylic acids is 1. The maximum atomic E-state index is 12.5. The van der Waals surface area contributed by atoms with Crippen LogP contribution in [0.3, 0.4) is 0 Å². The van der Waals surface area contributed by atoms with Gasteiger partial charge >= 0.3 is 5.97 Å². The standard InChI is InChI=1S/C30H50N2O4/c1-19(7-12-27(34)32-17-5-4-6-26(31)28(35)36)23-10-11-24-22-9-8-20-18-21(33)13-15-29(20,2)25(22)14-16-30(23,24)3/h19-20,22-26H,4-18,31H2,1-3H3,(H,32,34)(H,35,36)/t19-,20-,22+,23-,24+,25+,26+,29+,30-/m1/s1. The number of hydrogen-bond donors (Lipinski definition) is 3. The summed E-state index contributed by atoms with van der Waals surface area (Å²) in [5, 5.41) is 11.9. The van der Waals surface area contributed by atoms with Gasteiger partial charge < -0.3 is 16.2 Å². The topological polar surface area (TPSA) is 109 Å². The van der Waals surface area contributed by atoms with Crippen LogP contribution in [0.4, 0.5) is 0 Å². The Morgan fingerprint density at radius 3 is 2.53 bits per heavy atom. The van der Waals surface area contributed by atoms with Gasteiger partial charge in [0.15, 0.2) is 0 Å². The molecular formula is C30H50N2O4. The van der Waals surface area contributed by atoms with Gasteiger partial charge in [0.1, 0.15) is 11.8 Å². The van der Waals surface area contributed by atoms with Crippen molar-refractivity contribution >= 4 is 17.7 Å². The molecule has 0 saturated heterocycles. The van der Waals surface area contributed by atoms with Crippen LogP contribution in [0.1, 0.15) is 111 Å². The minimum absolute atomic E-state index is 0.117. The van der Waals surface area contributed by atoms with Crippen molar-refractivity contribution in [3.63, 3.8) is 0 Å². The van der Waals surface area contributed by atoms with Crippen molar-refractivity contribution < 1.29 is 19.5 Å². The van der Waals surface area contributed by atoms with Crippen molar-refractivity contribution in [2.45, 2.75) is 117 Å². The number of amides is 1. The first-order chi connectivity index (χ1) is 17.1. The molecular weight excluding hydrogens is 452 g/mol. The van der Waals surface area contributed by atoms with Crippen LogP contribution in [0, 0.1) is 46.3 Å². The number of hydrogen-bond acceptors (Lipinski definition) is 4. The van der Waals surface area contributed by atoms with Crippen molar-refractivity contribution in [3.05, 3.63) is 0 Å². The average Bonchev–Trinajstić information content (AvgIpc) is 3.19. The van der Waals surface area contributed by atoms with Crippen molar-refractivity contribution in [1.29, 1.82) is 0 Å². The smallest absolute Gasteiger partial charge is 0.320 e. The number of ketones is 1. The Hall–Kier alpha value is -1.43. The van der Waals surface area contributed by atoms with Crippen molar-refractivity contribution in [2.24, 2.45) is 52.1 Å². The highest BCUT2D eigenvalue weighted by Gasteiger charge is 2.60. The molecule has 4 saturated carbocycles. The summed E-state index contributed by atoms with van der Waals surface area (Å²) in [5.74, 6) is 3.96. The quantitative estimate of drug-likeness (QED) is 0.350. The molecule has 0 aromatic rings. The minimum Gasteiger partial charge on any atom is -0.480 e. The normalized spacial score (nSPS) is 39.4. The maximum Gasteiger partial charge on any atom is 0.320 e. The number of carboxylic acids is 1. The van der Waals surface area contributed by atoms with Gasteiger partial charge in [0.25, 0.3) is 0 Å². The van der Waals surface area contributed by atoms with Gasteiger partial charge in [-0.05, 0) is 117 Å². The molecule has 6 nitrogen and oxygen atoms in total. The average molecular weight is 503 g/mol. The lowest BCUT2D eigenvalue weighted by atomic mass is 9.44. The Kier molecular flexibility index (Phi) is 8.53. The van der Waals surface area contributed by atoms with E-state index in [0.717, 1.165) is 49.9 Å². The number of fused-ring (bicyclic) bond motifs is 5. The van der Waals surface area contributed by atoms with E-state index in [1.54, 1.807) is 0 Å². The van der Waals surface area contributed by atoms with Crippen molar-refractivity contribution in [1.82, 2.24) is 5.32 Å². The largest absolute Gasteiger partial charge is 0.480 e. The van der Waals surface area contributed by atoms with Crippen LogP contribution in [0.15, 0.2) is 0 Å². The summed E-state index contributed by atoms with van der Waals surface area (Å²) in [6.07, 6.45) is 14.0. The molecule has 4 rings (SSSR count). The Morgan fingerprint density at radius 1 is 1.03 bits per heavy atom. The molecule has 0 aromatic heterocycles. The number of carbonyl (C=O) groups is 3. The highest BCUT2D eigenvalue weighted by molar-refractivity contribution is 5.79. The fraction of sp³-hybridized carbons (Fsp3) is 0.900. The second kappa shape index (κ2) is 11.1. The van der Waals surface area contributed by atoms with Gasteiger partial charge in [0.05, 0.1) is 0 Å². The van der Waals surface area contributed by atoms with E-state index in [1.807, 2.05) is 0 Å². The summed E-state index contributed by atoms with van der Waals surface area (Å²) in [6.45, 7) is 8.06. The summed E-state index contributed by atoms with van der Waals surface area (Å²) in [6, 6.07) is -0.807. The Morgan fingerprint density at radius 2 is 1.78 bits per heavy atom. The zero-order valence-electron chi connectivity index (χ0n) is 22.9. The van der Waals surface area contributed by atoms with Gasteiger partial charge in [-0.15, -0.1) is 0 Å². The number of unbranched alkanes of at least 4 members (excludes halogenated alkanes) is 1. The van der Waals surface area contributed by atoms with Crippen LogP contribution in [-0.2, 0) is 14.4 Å². The molecule has 0 aliphatic heterocycles. The van der Waals surface area contributed by atoms with Gasteiger partial charge in [0.2, 0.25) is 5.91 Å². The molecule has 4 N–H and O–H groups in total. The predicted molar refractivity (Wildman–Crippen MR) is 141 cm³/mol. The zero-order valence-corrected chi connectivity index (χ0v) is 22.9. The Bertz CT molecular complexity index is 830. The molecule has 1 amide bonds. The lowest BCUT2D eigenvalue weighted by molar-refractivity contribution is -0.140. The second-order valence-corrected chi connectivity index (χ2v) is 13.4. The highest BCUT2D eigenvalue weighted by atomic mass is 16.4. The number of carboxylic acid groups (broad SMARTS) is 1. The lowest BCUT2D eigenvalue weighted by Gasteiger charge is -2.60. The SMILES string of the molecule is C[C@H](CCC(=O)NCCCC[C@H](N)C(=O)O)[C@H]1CC[C@H]2[C@@H]3CC[C@@H]4CC(=O)CC[C@]4(C)[C@H]3CC[C@]12C. The second-order valence-electron chi connectivity index (χ2n) is 13.4. The van der Waals surface area contributed by atoms with E-state index < -0.39 is 12.0 Å². The molecule has 9 atom stereocenters. The first-order valence-corrected chi connectivity index (χ1v) is 14.8. The molecule has 0 bridgehead atoms. The van der Waals surface area contributed by atoms with E-state index in [9.17, 15) is 14.4 Å². The van der Waals surface area contributed by atoms with Gasteiger partial charge in [-0.1, -0.05) is 20.8 Å². The molecule has 4 aliphatic carbocycles. The molecule has 6 heteroatoms. The van der Waals surface area contributed by atoms with Crippen LogP contribution in [-0.4, -0.2) is 35.4 Å². The maximum absolute atomic E-state index is 12.5. The monoisotopic (exact) mass is 502 g/mol. The third kappa shape index (κ3) is 5.39.